The summed E-state index contributed by atoms with van der Waals surface area (Å²) in [5.41, 5.74) is 1.16. The van der Waals surface area contributed by atoms with E-state index in [0.29, 0.717) is 6.04 Å². The lowest BCUT2D eigenvalue weighted by Crippen LogP contribution is -2.04. The largest absolute Gasteiger partial charge is 0.378 e. The third-order valence-corrected chi connectivity index (χ3v) is 5.02. The van der Waals surface area contributed by atoms with E-state index in [2.05, 4.69) is 82.1 Å². The fourth-order valence-corrected chi connectivity index (χ4v) is 3.61. The molecule has 1 atom stereocenters. The fourth-order valence-electron chi connectivity index (χ4n) is 2.16. The summed E-state index contributed by atoms with van der Waals surface area (Å²) in [6.45, 7) is 2.19. The number of fused-ring (bicyclic) bond motifs is 1. The van der Waals surface area contributed by atoms with E-state index in [4.69, 9.17) is 0 Å². The maximum atomic E-state index is 3.55. The zero-order valence-electron chi connectivity index (χ0n) is 10.6. The van der Waals surface area contributed by atoms with Gasteiger partial charge in [0.1, 0.15) is 0 Å². The predicted molar refractivity (Wildman–Crippen MR) is 88.0 cm³/mol. The van der Waals surface area contributed by atoms with Crippen LogP contribution in [0.25, 0.3) is 10.8 Å². The third-order valence-electron chi connectivity index (χ3n) is 3.15. The van der Waals surface area contributed by atoms with Gasteiger partial charge in [0.2, 0.25) is 0 Å². The van der Waals surface area contributed by atoms with E-state index in [1.807, 2.05) is 0 Å². The van der Waals surface area contributed by atoms with Gasteiger partial charge in [0.05, 0.1) is 6.04 Å². The molecule has 3 heteroatoms. The molecule has 96 valence electrons. The number of rotatable bonds is 3. The van der Waals surface area contributed by atoms with Crippen molar-refractivity contribution in [2.45, 2.75) is 13.0 Å². The van der Waals surface area contributed by atoms with E-state index < -0.39 is 0 Å². The summed E-state index contributed by atoms with van der Waals surface area (Å²) in [7, 11) is 0. The van der Waals surface area contributed by atoms with Gasteiger partial charge in [-0.15, -0.1) is 11.3 Å². The first-order chi connectivity index (χ1) is 9.22. The average molecular weight is 332 g/mol. The highest BCUT2D eigenvalue weighted by Crippen LogP contribution is 2.28. The minimum absolute atomic E-state index is 0.317. The van der Waals surface area contributed by atoms with Gasteiger partial charge in [-0.2, -0.15) is 0 Å². The Balaban J connectivity index is 1.84. The monoisotopic (exact) mass is 331 g/mol. The number of halogens is 1. The molecule has 0 radical (unpaired) electrons. The van der Waals surface area contributed by atoms with Gasteiger partial charge in [-0.25, -0.2) is 0 Å². The molecule has 0 amide bonds. The standard InChI is InChI=1S/C16H14BrNS/c1-11(16-9-14(17)10-19-16)18-15-7-6-12-4-2-3-5-13(12)8-15/h2-11,18H,1H3. The molecule has 0 bridgehead atoms. The molecule has 0 aliphatic heterocycles. The third kappa shape index (κ3) is 2.82. The maximum absolute atomic E-state index is 3.55. The molecule has 0 saturated carbocycles. The summed E-state index contributed by atoms with van der Waals surface area (Å²) in [5.74, 6) is 0. The second-order valence-electron chi connectivity index (χ2n) is 4.60. The highest BCUT2D eigenvalue weighted by Gasteiger charge is 2.08. The lowest BCUT2D eigenvalue weighted by Gasteiger charge is -2.14. The van der Waals surface area contributed by atoms with Crippen molar-refractivity contribution in [3.8, 4) is 0 Å². The van der Waals surface area contributed by atoms with Crippen molar-refractivity contribution in [3.63, 3.8) is 0 Å². The highest BCUT2D eigenvalue weighted by atomic mass is 79.9. The number of nitrogens with one attached hydrogen (secondary N) is 1. The summed E-state index contributed by atoms with van der Waals surface area (Å²) in [4.78, 5) is 1.33. The highest BCUT2D eigenvalue weighted by molar-refractivity contribution is 9.10. The summed E-state index contributed by atoms with van der Waals surface area (Å²) >= 11 is 5.27. The van der Waals surface area contributed by atoms with Crippen LogP contribution in [-0.4, -0.2) is 0 Å². The molecule has 0 spiro atoms. The smallest absolute Gasteiger partial charge is 0.0578 e. The fraction of sp³-hybridized carbons (Fsp3) is 0.125. The number of benzene rings is 2. The van der Waals surface area contributed by atoms with Gasteiger partial charge in [-0.05, 0) is 51.8 Å². The molecule has 2 aromatic carbocycles. The van der Waals surface area contributed by atoms with Crippen LogP contribution in [0.5, 0.6) is 0 Å². The maximum Gasteiger partial charge on any atom is 0.0578 e. The molecule has 1 nitrogen and oxygen atoms in total. The SMILES string of the molecule is CC(Nc1ccc2ccccc2c1)c1cc(Br)cs1. The van der Waals surface area contributed by atoms with Crippen LogP contribution in [0.3, 0.4) is 0 Å². The van der Waals surface area contributed by atoms with Crippen molar-refractivity contribution in [1.29, 1.82) is 0 Å². The molecule has 0 aliphatic rings. The van der Waals surface area contributed by atoms with Crippen LogP contribution in [0.15, 0.2) is 58.4 Å². The van der Waals surface area contributed by atoms with E-state index >= 15 is 0 Å². The van der Waals surface area contributed by atoms with E-state index in [1.54, 1.807) is 11.3 Å². The van der Waals surface area contributed by atoms with Gasteiger partial charge >= 0.3 is 0 Å². The Hall–Kier alpha value is -1.32. The van der Waals surface area contributed by atoms with Crippen molar-refractivity contribution in [2.24, 2.45) is 0 Å². The van der Waals surface area contributed by atoms with Crippen LogP contribution in [-0.2, 0) is 0 Å². The van der Waals surface area contributed by atoms with Gasteiger partial charge in [-0.1, -0.05) is 30.3 Å². The second kappa shape index (κ2) is 5.35. The first-order valence-corrected chi connectivity index (χ1v) is 7.89. The molecular weight excluding hydrogens is 318 g/mol. The predicted octanol–water partition coefficient (Wildman–Crippen LogP) is 5.84. The average Bonchev–Trinajstić information content (AvgIpc) is 2.85. The molecule has 3 aromatic rings. The second-order valence-corrected chi connectivity index (χ2v) is 6.45. The van der Waals surface area contributed by atoms with Gasteiger partial charge < -0.3 is 5.32 Å². The van der Waals surface area contributed by atoms with Crippen LogP contribution >= 0.6 is 27.3 Å². The van der Waals surface area contributed by atoms with Crippen LogP contribution < -0.4 is 5.32 Å². The topological polar surface area (TPSA) is 12.0 Å². The van der Waals surface area contributed by atoms with Crippen molar-refractivity contribution in [3.05, 3.63) is 63.3 Å². The van der Waals surface area contributed by atoms with E-state index in [1.165, 1.54) is 15.6 Å². The lowest BCUT2D eigenvalue weighted by atomic mass is 10.1. The Morgan fingerprint density at radius 3 is 2.58 bits per heavy atom. The van der Waals surface area contributed by atoms with Crippen LogP contribution in [0.4, 0.5) is 5.69 Å². The number of hydrogen-bond acceptors (Lipinski definition) is 2. The molecule has 0 fully saturated rings. The quantitative estimate of drug-likeness (QED) is 0.635. The number of thiophene rings is 1. The zero-order chi connectivity index (χ0) is 13.2. The Bertz CT molecular complexity index is 705. The van der Waals surface area contributed by atoms with Gasteiger partial charge in [0.25, 0.3) is 0 Å². The van der Waals surface area contributed by atoms with E-state index in [0.717, 1.165) is 10.2 Å². The Kier molecular flexibility index (Phi) is 3.58. The summed E-state index contributed by atoms with van der Waals surface area (Å²) in [6, 6.07) is 17.4. The van der Waals surface area contributed by atoms with Crippen molar-refractivity contribution >= 4 is 43.7 Å². The van der Waals surface area contributed by atoms with Crippen molar-refractivity contribution in [2.75, 3.05) is 5.32 Å². The number of anilines is 1. The molecule has 1 heterocycles. The van der Waals surface area contributed by atoms with Crippen LogP contribution in [0.1, 0.15) is 17.8 Å². The molecule has 1 unspecified atom stereocenters. The minimum Gasteiger partial charge on any atom is -0.378 e. The lowest BCUT2D eigenvalue weighted by molar-refractivity contribution is 0.908. The first-order valence-electron chi connectivity index (χ1n) is 6.21. The first kappa shape index (κ1) is 12.7. The molecular formula is C16H14BrNS. The molecule has 1 aromatic heterocycles. The molecule has 0 aliphatic carbocycles. The Morgan fingerprint density at radius 2 is 1.84 bits per heavy atom. The van der Waals surface area contributed by atoms with Crippen molar-refractivity contribution < 1.29 is 0 Å². The molecule has 1 N–H and O–H groups in total. The van der Waals surface area contributed by atoms with Crippen LogP contribution in [0, 0.1) is 0 Å². The molecule has 3 rings (SSSR count). The van der Waals surface area contributed by atoms with Gasteiger partial charge in [0, 0.05) is 20.4 Å². The summed E-state index contributed by atoms with van der Waals surface area (Å²) in [5, 5.41) is 8.22. The number of hydrogen-bond donors (Lipinski definition) is 1. The minimum atomic E-state index is 0.317. The summed E-state index contributed by atoms with van der Waals surface area (Å²) in [6.07, 6.45) is 0. The van der Waals surface area contributed by atoms with Gasteiger partial charge in [-0.3, -0.25) is 0 Å². The van der Waals surface area contributed by atoms with E-state index in [9.17, 15) is 0 Å². The van der Waals surface area contributed by atoms with Crippen LogP contribution in [0.2, 0.25) is 0 Å². The molecule has 0 saturated heterocycles. The Morgan fingerprint density at radius 1 is 1.05 bits per heavy atom. The van der Waals surface area contributed by atoms with Crippen molar-refractivity contribution in [1.82, 2.24) is 0 Å². The van der Waals surface area contributed by atoms with E-state index in [-0.39, 0.29) is 0 Å². The van der Waals surface area contributed by atoms with Gasteiger partial charge in [0.15, 0.2) is 0 Å². The molecule has 19 heavy (non-hydrogen) atoms. The Labute approximate surface area is 125 Å². The normalized spacial score (nSPS) is 12.5. The summed E-state index contributed by atoms with van der Waals surface area (Å²) < 4.78 is 1.15. The zero-order valence-corrected chi connectivity index (χ0v) is 13.0.